The van der Waals surface area contributed by atoms with E-state index in [4.69, 9.17) is 13.7 Å². The van der Waals surface area contributed by atoms with E-state index in [0.717, 1.165) is 13.1 Å². The molecule has 0 saturated carbocycles. The van der Waals surface area contributed by atoms with Gasteiger partial charge in [0.15, 0.2) is 0 Å². The van der Waals surface area contributed by atoms with Crippen LogP contribution < -0.4 is 5.32 Å². The summed E-state index contributed by atoms with van der Waals surface area (Å²) in [5, 5.41) is 2.51. The highest BCUT2D eigenvalue weighted by Gasteiger charge is 2.32. The summed E-state index contributed by atoms with van der Waals surface area (Å²) < 4.78 is 39.2. The normalized spacial score (nSPS) is 15.7. The van der Waals surface area contributed by atoms with Crippen molar-refractivity contribution in [2.45, 2.75) is 27.2 Å². The third-order valence-electron chi connectivity index (χ3n) is 3.84. The molecule has 1 heterocycles. The Morgan fingerprint density at radius 2 is 1.85 bits per heavy atom. The number of carbonyl (C=O) groups is 2. The number of halogens is 1. The largest absolute Gasteiger partial charge is 0.464 e. The van der Waals surface area contributed by atoms with Crippen molar-refractivity contribution in [3.63, 3.8) is 0 Å². The lowest BCUT2D eigenvalue weighted by molar-refractivity contribution is -0.156. The average Bonchev–Trinajstić information content (AvgIpc) is 2.58. The summed E-state index contributed by atoms with van der Waals surface area (Å²) in [4.78, 5) is 25.0. The minimum absolute atomic E-state index is 0. The Labute approximate surface area is 167 Å². The van der Waals surface area contributed by atoms with E-state index in [9.17, 15) is 18.0 Å². The molecule has 1 saturated heterocycles. The average molecular weight is 431 g/mol. The number of hydrogen-bond acceptors (Lipinski definition) is 8. The van der Waals surface area contributed by atoms with Crippen molar-refractivity contribution in [1.82, 2.24) is 10.2 Å². The first-order valence-corrected chi connectivity index (χ1v) is 10.3. The third kappa shape index (κ3) is 11.5. The van der Waals surface area contributed by atoms with Crippen LogP contribution in [0.2, 0.25) is 0 Å². The summed E-state index contributed by atoms with van der Waals surface area (Å²) in [6, 6.07) is 0. The Bertz CT molecular complexity index is 563. The van der Waals surface area contributed by atoms with Crippen molar-refractivity contribution in [1.29, 1.82) is 0 Å². The lowest BCUT2D eigenvalue weighted by Crippen LogP contribution is -2.40. The van der Waals surface area contributed by atoms with E-state index in [1.165, 1.54) is 6.92 Å². The van der Waals surface area contributed by atoms with Gasteiger partial charge < -0.3 is 14.8 Å². The molecule has 27 heavy (non-hydrogen) atoms. The first kappa shape index (κ1) is 26.1. The standard InChI is InChI=1S/C16H30N2O7S.ClH/c1-14(19)17-5-4-12-26(21,22)25-13-16(2,3)15(20)24-11-8-18-6-9-23-10-7-18;/h4-13H2,1-3H3,(H,17,19);1H. The van der Waals surface area contributed by atoms with E-state index >= 15 is 0 Å². The smallest absolute Gasteiger partial charge is 0.313 e. The molecule has 160 valence electrons. The molecule has 0 spiro atoms. The molecule has 0 radical (unpaired) electrons. The highest BCUT2D eigenvalue weighted by atomic mass is 35.5. The zero-order valence-electron chi connectivity index (χ0n) is 16.2. The van der Waals surface area contributed by atoms with Crippen molar-refractivity contribution >= 4 is 34.4 Å². The Balaban J connectivity index is 0.00000676. The molecule has 0 aromatic heterocycles. The molecule has 0 bridgehead atoms. The van der Waals surface area contributed by atoms with Crippen LogP contribution in [-0.2, 0) is 33.4 Å². The Morgan fingerprint density at radius 1 is 1.22 bits per heavy atom. The van der Waals surface area contributed by atoms with Crippen LogP contribution in [0.3, 0.4) is 0 Å². The van der Waals surface area contributed by atoms with E-state index in [0.29, 0.717) is 19.8 Å². The molecule has 0 unspecified atom stereocenters. The van der Waals surface area contributed by atoms with Gasteiger partial charge in [0.25, 0.3) is 10.1 Å². The molecular weight excluding hydrogens is 400 g/mol. The first-order valence-electron chi connectivity index (χ1n) is 8.71. The predicted molar refractivity (Wildman–Crippen MR) is 102 cm³/mol. The van der Waals surface area contributed by atoms with Crippen LogP contribution in [0.25, 0.3) is 0 Å². The van der Waals surface area contributed by atoms with Gasteiger partial charge in [-0.2, -0.15) is 8.42 Å². The van der Waals surface area contributed by atoms with Crippen LogP contribution in [0.4, 0.5) is 0 Å². The maximum absolute atomic E-state index is 12.2. The van der Waals surface area contributed by atoms with Gasteiger partial charge in [0.05, 0.1) is 31.0 Å². The van der Waals surface area contributed by atoms with Crippen LogP contribution in [0.15, 0.2) is 0 Å². The van der Waals surface area contributed by atoms with Gasteiger partial charge in [-0.1, -0.05) is 0 Å². The molecule has 0 aliphatic carbocycles. The van der Waals surface area contributed by atoms with Gasteiger partial charge in [-0.15, -0.1) is 12.4 Å². The van der Waals surface area contributed by atoms with Gasteiger partial charge in [-0.25, -0.2) is 0 Å². The fourth-order valence-electron chi connectivity index (χ4n) is 2.16. The summed E-state index contributed by atoms with van der Waals surface area (Å²) in [6.45, 7) is 8.31. The van der Waals surface area contributed by atoms with Crippen molar-refractivity contribution in [3.8, 4) is 0 Å². The van der Waals surface area contributed by atoms with Crippen molar-refractivity contribution < 1.29 is 31.7 Å². The quantitative estimate of drug-likeness (QED) is 0.281. The second-order valence-corrected chi connectivity index (χ2v) is 8.59. The molecule has 11 heteroatoms. The number of amides is 1. The minimum atomic E-state index is -3.77. The first-order chi connectivity index (χ1) is 12.1. The molecule has 1 fully saturated rings. The second-order valence-electron chi connectivity index (χ2n) is 6.83. The molecular formula is C16H31ClN2O7S. The molecule has 0 aromatic carbocycles. The van der Waals surface area contributed by atoms with Gasteiger partial charge >= 0.3 is 5.97 Å². The highest BCUT2D eigenvalue weighted by molar-refractivity contribution is 7.86. The van der Waals surface area contributed by atoms with Gasteiger partial charge in [-0.05, 0) is 20.3 Å². The molecule has 0 aromatic rings. The summed E-state index contributed by atoms with van der Waals surface area (Å²) in [5.41, 5.74) is -1.07. The SMILES string of the molecule is CC(=O)NCCCS(=O)(=O)OCC(C)(C)C(=O)OCCN1CCOCC1.Cl. The topological polar surface area (TPSA) is 111 Å². The summed E-state index contributed by atoms with van der Waals surface area (Å²) >= 11 is 0. The van der Waals surface area contributed by atoms with Crippen molar-refractivity contribution in [3.05, 3.63) is 0 Å². The minimum Gasteiger partial charge on any atom is -0.464 e. The molecule has 1 rings (SSSR count). The Morgan fingerprint density at radius 3 is 2.44 bits per heavy atom. The van der Waals surface area contributed by atoms with Gasteiger partial charge in [0, 0.05) is 33.1 Å². The van der Waals surface area contributed by atoms with Crippen LogP contribution in [-0.4, -0.2) is 83.6 Å². The van der Waals surface area contributed by atoms with Gasteiger partial charge in [-0.3, -0.25) is 18.7 Å². The summed E-state index contributed by atoms with van der Waals surface area (Å²) in [7, 11) is -3.77. The number of hydrogen-bond donors (Lipinski definition) is 1. The fourth-order valence-corrected chi connectivity index (χ4v) is 3.25. The number of carbonyl (C=O) groups excluding carboxylic acids is 2. The number of esters is 1. The van der Waals surface area contributed by atoms with Crippen LogP contribution in [0, 0.1) is 5.41 Å². The lowest BCUT2D eigenvalue weighted by Gasteiger charge is -2.27. The number of morpholine rings is 1. The summed E-state index contributed by atoms with van der Waals surface area (Å²) in [5.74, 6) is -0.946. The van der Waals surface area contributed by atoms with E-state index in [1.54, 1.807) is 13.8 Å². The molecule has 1 aliphatic rings. The van der Waals surface area contributed by atoms with E-state index < -0.39 is 21.5 Å². The monoisotopic (exact) mass is 430 g/mol. The molecule has 9 nitrogen and oxygen atoms in total. The van der Waals surface area contributed by atoms with Gasteiger partial charge in [0.1, 0.15) is 6.61 Å². The van der Waals surface area contributed by atoms with E-state index in [2.05, 4.69) is 10.2 Å². The van der Waals surface area contributed by atoms with Crippen LogP contribution in [0.5, 0.6) is 0 Å². The second kappa shape index (κ2) is 12.5. The maximum Gasteiger partial charge on any atom is 0.313 e. The number of rotatable bonds is 11. The van der Waals surface area contributed by atoms with Gasteiger partial charge in [0.2, 0.25) is 5.91 Å². The lowest BCUT2D eigenvalue weighted by atomic mass is 9.95. The predicted octanol–water partition coefficient (Wildman–Crippen LogP) is 0.182. The molecule has 1 aliphatic heterocycles. The van der Waals surface area contributed by atoms with E-state index in [1.807, 2.05) is 0 Å². The third-order valence-corrected chi connectivity index (χ3v) is 5.11. The zero-order valence-corrected chi connectivity index (χ0v) is 17.8. The number of nitrogens with zero attached hydrogens (tertiary/aromatic N) is 1. The zero-order chi connectivity index (χ0) is 19.6. The molecule has 1 N–H and O–H groups in total. The maximum atomic E-state index is 12.2. The molecule has 0 atom stereocenters. The summed E-state index contributed by atoms with van der Waals surface area (Å²) in [6.07, 6.45) is 0.242. The molecule has 1 amide bonds. The number of ether oxygens (including phenoxy) is 2. The van der Waals surface area contributed by atoms with Crippen LogP contribution in [0.1, 0.15) is 27.2 Å². The van der Waals surface area contributed by atoms with Crippen molar-refractivity contribution in [2.75, 3.05) is 58.4 Å². The van der Waals surface area contributed by atoms with Crippen molar-refractivity contribution in [2.24, 2.45) is 5.41 Å². The fraction of sp³-hybridized carbons (Fsp3) is 0.875. The van der Waals surface area contributed by atoms with Crippen LogP contribution >= 0.6 is 12.4 Å². The highest BCUT2D eigenvalue weighted by Crippen LogP contribution is 2.19. The Hall–Kier alpha value is -0.940. The Kier molecular flexibility index (Phi) is 12.1. The van der Waals surface area contributed by atoms with E-state index in [-0.39, 0.29) is 50.2 Å². The number of nitrogens with one attached hydrogen (secondary N) is 1.